The minimum Gasteiger partial charge on any atom is -0.329 e. The second-order valence-corrected chi connectivity index (χ2v) is 7.16. The normalized spacial score (nSPS) is 12.1. The summed E-state index contributed by atoms with van der Waals surface area (Å²) in [4.78, 5) is 7.73. The monoisotopic (exact) mass is 368 g/mol. The number of aromatic nitrogens is 4. The van der Waals surface area contributed by atoms with E-state index in [1.165, 1.54) is 0 Å². The van der Waals surface area contributed by atoms with Gasteiger partial charge in [0.25, 0.3) is 0 Å². The third-order valence-electron chi connectivity index (χ3n) is 3.29. The van der Waals surface area contributed by atoms with Gasteiger partial charge in [-0.05, 0) is 29.5 Å². The molecule has 0 spiro atoms. The minimum atomic E-state index is -4.65. The average molecular weight is 368 g/mol. The molecule has 0 aliphatic rings. The third kappa shape index (κ3) is 4.22. The zero-order valence-electron chi connectivity index (χ0n) is 13.5. The van der Waals surface area contributed by atoms with Crippen LogP contribution in [0.15, 0.2) is 41.3 Å². The Kier molecular flexibility index (Phi) is 4.85. The van der Waals surface area contributed by atoms with Gasteiger partial charge in [0.15, 0.2) is 0 Å². The molecule has 2 aromatic heterocycles. The van der Waals surface area contributed by atoms with Crippen molar-refractivity contribution in [1.29, 1.82) is 0 Å². The molecule has 132 valence electrons. The first-order valence-corrected chi connectivity index (χ1v) is 8.54. The van der Waals surface area contributed by atoms with Gasteiger partial charge >= 0.3 is 12.1 Å². The molecule has 0 N–H and O–H groups in total. The fourth-order valence-electron chi connectivity index (χ4n) is 2.07. The van der Waals surface area contributed by atoms with Gasteiger partial charge in [-0.1, -0.05) is 19.0 Å². The molecular formula is C16H15F3N4OS. The van der Waals surface area contributed by atoms with Crippen molar-refractivity contribution in [2.75, 3.05) is 0 Å². The molecule has 0 saturated heterocycles. The standard InChI is InChI=1S/C16H15F3N4OS/c1-10(2)25-8-12-7-23(9-20-12)13-5-3-11(4-6-13)14-21-15(24-22-14)16(17,18)19/h3-7,9-10H,8H2,1-2H3. The highest BCUT2D eigenvalue weighted by Crippen LogP contribution is 2.29. The lowest BCUT2D eigenvalue weighted by Crippen LogP contribution is -2.04. The lowest BCUT2D eigenvalue weighted by molar-refractivity contribution is -0.159. The van der Waals surface area contributed by atoms with Crippen molar-refractivity contribution >= 4 is 11.8 Å². The SMILES string of the molecule is CC(C)SCc1cn(-c2ccc(-c3noc(C(F)(F)F)n3)cc2)cn1. The fraction of sp³-hybridized carbons (Fsp3) is 0.312. The summed E-state index contributed by atoms with van der Waals surface area (Å²) in [5, 5.41) is 3.90. The van der Waals surface area contributed by atoms with Crippen LogP contribution < -0.4 is 0 Å². The van der Waals surface area contributed by atoms with E-state index in [0.717, 1.165) is 17.1 Å². The Morgan fingerprint density at radius 2 is 1.92 bits per heavy atom. The molecule has 0 fully saturated rings. The second-order valence-electron chi connectivity index (χ2n) is 5.60. The molecule has 0 aliphatic heterocycles. The Balaban J connectivity index is 1.75. The van der Waals surface area contributed by atoms with Crippen LogP contribution in [0.2, 0.25) is 0 Å². The van der Waals surface area contributed by atoms with Gasteiger partial charge in [0, 0.05) is 23.2 Å². The van der Waals surface area contributed by atoms with Crippen LogP contribution in [0.4, 0.5) is 13.2 Å². The fourth-order valence-corrected chi connectivity index (χ4v) is 2.72. The van der Waals surface area contributed by atoms with Crippen molar-refractivity contribution < 1.29 is 17.7 Å². The van der Waals surface area contributed by atoms with Gasteiger partial charge in [-0.15, -0.1) is 0 Å². The van der Waals surface area contributed by atoms with E-state index in [1.54, 1.807) is 42.4 Å². The van der Waals surface area contributed by atoms with E-state index in [-0.39, 0.29) is 5.82 Å². The molecular weight excluding hydrogens is 353 g/mol. The van der Waals surface area contributed by atoms with Crippen molar-refractivity contribution in [3.63, 3.8) is 0 Å². The third-order valence-corrected chi connectivity index (χ3v) is 4.42. The van der Waals surface area contributed by atoms with E-state index in [9.17, 15) is 13.2 Å². The summed E-state index contributed by atoms with van der Waals surface area (Å²) in [6.45, 7) is 4.26. The Morgan fingerprint density at radius 3 is 2.52 bits per heavy atom. The first-order valence-electron chi connectivity index (χ1n) is 7.49. The molecule has 0 amide bonds. The molecule has 0 aliphatic carbocycles. The number of hydrogen-bond acceptors (Lipinski definition) is 5. The van der Waals surface area contributed by atoms with E-state index < -0.39 is 12.1 Å². The molecule has 5 nitrogen and oxygen atoms in total. The summed E-state index contributed by atoms with van der Waals surface area (Å²) in [5.74, 6) is -0.627. The quantitative estimate of drug-likeness (QED) is 0.660. The zero-order valence-corrected chi connectivity index (χ0v) is 14.3. The summed E-state index contributed by atoms with van der Waals surface area (Å²) in [6, 6.07) is 6.81. The van der Waals surface area contributed by atoms with Gasteiger partial charge in [-0.2, -0.15) is 29.9 Å². The molecule has 0 unspecified atom stereocenters. The molecule has 2 heterocycles. The summed E-state index contributed by atoms with van der Waals surface area (Å²) in [5.41, 5.74) is 2.26. The van der Waals surface area contributed by atoms with Crippen LogP contribution in [0.1, 0.15) is 25.4 Å². The van der Waals surface area contributed by atoms with Crippen LogP contribution in [0.5, 0.6) is 0 Å². The van der Waals surface area contributed by atoms with E-state index in [1.807, 2.05) is 10.8 Å². The number of benzene rings is 1. The highest BCUT2D eigenvalue weighted by molar-refractivity contribution is 7.99. The zero-order chi connectivity index (χ0) is 18.0. The summed E-state index contributed by atoms with van der Waals surface area (Å²) < 4.78 is 43.6. The van der Waals surface area contributed by atoms with Gasteiger partial charge in [0.2, 0.25) is 5.82 Å². The molecule has 3 rings (SSSR count). The highest BCUT2D eigenvalue weighted by Gasteiger charge is 2.38. The summed E-state index contributed by atoms with van der Waals surface area (Å²) in [7, 11) is 0. The van der Waals surface area contributed by atoms with Crippen LogP contribution in [0.25, 0.3) is 17.1 Å². The lowest BCUT2D eigenvalue weighted by atomic mass is 10.2. The van der Waals surface area contributed by atoms with Crippen molar-refractivity contribution in [1.82, 2.24) is 19.7 Å². The van der Waals surface area contributed by atoms with Gasteiger partial charge in [-0.3, -0.25) is 0 Å². The maximum absolute atomic E-state index is 12.5. The van der Waals surface area contributed by atoms with Crippen LogP contribution in [-0.4, -0.2) is 24.9 Å². The van der Waals surface area contributed by atoms with Crippen molar-refractivity contribution in [2.24, 2.45) is 0 Å². The summed E-state index contributed by atoms with van der Waals surface area (Å²) >= 11 is 1.80. The molecule has 1 aromatic carbocycles. The second kappa shape index (κ2) is 6.91. The topological polar surface area (TPSA) is 56.7 Å². The predicted octanol–water partition coefficient (Wildman–Crippen LogP) is 4.58. The smallest absolute Gasteiger partial charge is 0.329 e. The van der Waals surface area contributed by atoms with Crippen LogP contribution in [0, 0.1) is 0 Å². The summed E-state index contributed by atoms with van der Waals surface area (Å²) in [6.07, 6.45) is -1.01. The Morgan fingerprint density at radius 1 is 1.20 bits per heavy atom. The Labute approximate surface area is 146 Å². The maximum Gasteiger partial charge on any atom is 0.471 e. The Bertz CT molecular complexity index is 840. The number of nitrogens with zero attached hydrogens (tertiary/aromatic N) is 4. The van der Waals surface area contributed by atoms with E-state index in [4.69, 9.17) is 0 Å². The van der Waals surface area contributed by atoms with E-state index in [2.05, 4.69) is 33.5 Å². The van der Waals surface area contributed by atoms with Gasteiger partial charge < -0.3 is 9.09 Å². The molecule has 9 heteroatoms. The van der Waals surface area contributed by atoms with Crippen molar-refractivity contribution in [2.45, 2.75) is 31.0 Å². The van der Waals surface area contributed by atoms with Crippen LogP contribution >= 0.6 is 11.8 Å². The van der Waals surface area contributed by atoms with Gasteiger partial charge in [-0.25, -0.2) is 4.98 Å². The average Bonchev–Trinajstić information content (AvgIpc) is 3.22. The largest absolute Gasteiger partial charge is 0.471 e. The molecule has 0 bridgehead atoms. The van der Waals surface area contributed by atoms with Crippen molar-refractivity contribution in [3.05, 3.63) is 48.4 Å². The number of thioether (sulfide) groups is 1. The number of rotatable bonds is 5. The van der Waals surface area contributed by atoms with E-state index in [0.29, 0.717) is 10.8 Å². The van der Waals surface area contributed by atoms with Gasteiger partial charge in [0.05, 0.1) is 12.0 Å². The first-order chi connectivity index (χ1) is 11.8. The number of hydrogen-bond donors (Lipinski definition) is 0. The Hall–Kier alpha value is -2.29. The minimum absolute atomic E-state index is 0.0986. The predicted molar refractivity (Wildman–Crippen MR) is 88.3 cm³/mol. The van der Waals surface area contributed by atoms with Crippen molar-refractivity contribution in [3.8, 4) is 17.1 Å². The molecule has 0 atom stereocenters. The first kappa shape index (κ1) is 17.5. The number of alkyl halides is 3. The maximum atomic E-state index is 12.5. The van der Waals surface area contributed by atoms with E-state index >= 15 is 0 Å². The number of imidazole rings is 1. The van der Waals surface area contributed by atoms with Gasteiger partial charge in [0.1, 0.15) is 0 Å². The molecule has 25 heavy (non-hydrogen) atoms. The number of halogens is 3. The lowest BCUT2D eigenvalue weighted by Gasteiger charge is -2.03. The molecule has 3 aromatic rings. The molecule has 0 saturated carbocycles. The highest BCUT2D eigenvalue weighted by atomic mass is 32.2. The van der Waals surface area contributed by atoms with Crippen LogP contribution in [0.3, 0.4) is 0 Å². The van der Waals surface area contributed by atoms with Crippen LogP contribution in [-0.2, 0) is 11.9 Å². The molecule has 0 radical (unpaired) electrons.